The highest BCUT2D eigenvalue weighted by atomic mass is 16.5. The smallest absolute Gasteiger partial charge is 0.411 e. The molecule has 0 saturated heterocycles. The zero-order chi connectivity index (χ0) is 12.8. The fourth-order valence-electron chi connectivity index (χ4n) is 1.27. The number of ether oxygens (including phenoxy) is 2. The van der Waals surface area contributed by atoms with Crippen LogP contribution >= 0.6 is 0 Å². The van der Waals surface area contributed by atoms with Crippen molar-refractivity contribution in [2.45, 2.75) is 6.92 Å². The quantitative estimate of drug-likeness (QED) is 0.829. The first-order chi connectivity index (χ1) is 8.05. The van der Waals surface area contributed by atoms with E-state index in [0.29, 0.717) is 11.4 Å². The number of amides is 2. The van der Waals surface area contributed by atoms with Crippen LogP contribution in [0.25, 0.3) is 0 Å². The Bertz CT molecular complexity index is 395. The van der Waals surface area contributed by atoms with Gasteiger partial charge in [0.15, 0.2) is 0 Å². The second-order valence-electron chi connectivity index (χ2n) is 3.32. The Morgan fingerprint density at radius 2 is 1.35 bits per heavy atom. The summed E-state index contributed by atoms with van der Waals surface area (Å²) in [5.41, 5.74) is 1.94. The monoisotopic (exact) mass is 238 g/mol. The van der Waals surface area contributed by atoms with Gasteiger partial charge in [0, 0.05) is 11.4 Å². The summed E-state index contributed by atoms with van der Waals surface area (Å²) in [6.45, 7) is 1.84. The van der Waals surface area contributed by atoms with Gasteiger partial charge >= 0.3 is 12.2 Å². The lowest BCUT2D eigenvalue weighted by molar-refractivity contribution is 0.186. The van der Waals surface area contributed by atoms with Gasteiger partial charge in [0.1, 0.15) is 0 Å². The van der Waals surface area contributed by atoms with Crippen LogP contribution < -0.4 is 10.6 Å². The molecule has 0 bridgehead atoms. The fraction of sp³-hybridized carbons (Fsp3) is 0.273. The Balaban J connectivity index is 2.86. The Labute approximate surface area is 98.9 Å². The molecule has 0 aliphatic heterocycles. The van der Waals surface area contributed by atoms with Crippen molar-refractivity contribution in [2.75, 3.05) is 24.9 Å². The highest BCUT2D eigenvalue weighted by Crippen LogP contribution is 2.18. The molecule has 2 amide bonds. The van der Waals surface area contributed by atoms with Crippen LogP contribution in [0.5, 0.6) is 0 Å². The SMILES string of the molecule is COC(=O)Nc1cc(C)cc(NC(=O)OC)c1. The minimum atomic E-state index is -0.570. The Morgan fingerprint density at radius 1 is 0.941 bits per heavy atom. The van der Waals surface area contributed by atoms with E-state index in [1.54, 1.807) is 18.2 Å². The molecule has 0 spiro atoms. The van der Waals surface area contributed by atoms with E-state index in [9.17, 15) is 9.59 Å². The van der Waals surface area contributed by atoms with Crippen molar-refractivity contribution < 1.29 is 19.1 Å². The molecule has 1 aromatic carbocycles. The Kier molecular flexibility index (Phi) is 4.33. The number of carbonyl (C=O) groups is 2. The van der Waals surface area contributed by atoms with Gasteiger partial charge in [-0.1, -0.05) is 0 Å². The van der Waals surface area contributed by atoms with E-state index in [4.69, 9.17) is 0 Å². The molecule has 0 radical (unpaired) electrons. The topological polar surface area (TPSA) is 76.7 Å². The molecule has 6 nitrogen and oxygen atoms in total. The van der Waals surface area contributed by atoms with E-state index < -0.39 is 12.2 Å². The molecule has 0 atom stereocenters. The second-order valence-corrected chi connectivity index (χ2v) is 3.32. The minimum Gasteiger partial charge on any atom is -0.453 e. The van der Waals surface area contributed by atoms with Crippen molar-refractivity contribution in [3.8, 4) is 0 Å². The molecule has 1 aromatic rings. The third kappa shape index (κ3) is 4.02. The predicted octanol–water partition coefficient (Wildman–Crippen LogP) is 2.35. The van der Waals surface area contributed by atoms with Crippen molar-refractivity contribution in [1.29, 1.82) is 0 Å². The van der Waals surface area contributed by atoms with Gasteiger partial charge in [0.2, 0.25) is 0 Å². The molecule has 0 heterocycles. The lowest BCUT2D eigenvalue weighted by Gasteiger charge is -2.09. The number of methoxy groups -OCH3 is 2. The standard InChI is InChI=1S/C11H14N2O4/c1-7-4-8(12-10(14)16-2)6-9(5-7)13-11(15)17-3/h4-6H,1-3H3,(H,12,14)(H,13,15). The zero-order valence-corrected chi connectivity index (χ0v) is 9.87. The number of anilines is 2. The van der Waals surface area contributed by atoms with Crippen LogP contribution in [0.1, 0.15) is 5.56 Å². The largest absolute Gasteiger partial charge is 0.453 e. The molecular weight excluding hydrogens is 224 g/mol. The molecule has 0 saturated carbocycles. The highest BCUT2D eigenvalue weighted by Gasteiger charge is 2.05. The van der Waals surface area contributed by atoms with Gasteiger partial charge in [-0.15, -0.1) is 0 Å². The first-order valence-electron chi connectivity index (χ1n) is 4.87. The summed E-state index contributed by atoms with van der Waals surface area (Å²) in [6.07, 6.45) is -1.14. The van der Waals surface area contributed by atoms with E-state index in [0.717, 1.165) is 5.56 Å². The summed E-state index contributed by atoms with van der Waals surface area (Å²) in [5.74, 6) is 0. The van der Waals surface area contributed by atoms with Crippen LogP contribution in [-0.4, -0.2) is 26.4 Å². The van der Waals surface area contributed by atoms with Crippen molar-refractivity contribution in [3.63, 3.8) is 0 Å². The highest BCUT2D eigenvalue weighted by molar-refractivity contribution is 5.88. The van der Waals surface area contributed by atoms with Gasteiger partial charge < -0.3 is 9.47 Å². The van der Waals surface area contributed by atoms with Crippen molar-refractivity contribution in [1.82, 2.24) is 0 Å². The maximum atomic E-state index is 11.0. The molecule has 2 N–H and O–H groups in total. The van der Waals surface area contributed by atoms with E-state index >= 15 is 0 Å². The van der Waals surface area contributed by atoms with E-state index in [-0.39, 0.29) is 0 Å². The molecule has 1 rings (SSSR count). The van der Waals surface area contributed by atoms with Crippen molar-refractivity contribution >= 4 is 23.6 Å². The number of hydrogen-bond donors (Lipinski definition) is 2. The maximum Gasteiger partial charge on any atom is 0.411 e. The average molecular weight is 238 g/mol. The number of rotatable bonds is 2. The van der Waals surface area contributed by atoms with Crippen molar-refractivity contribution in [3.05, 3.63) is 23.8 Å². The molecule has 0 unspecified atom stereocenters. The molecular formula is C11H14N2O4. The van der Waals surface area contributed by atoms with Crippen molar-refractivity contribution in [2.24, 2.45) is 0 Å². The summed E-state index contributed by atoms with van der Waals surface area (Å²) < 4.78 is 8.95. The van der Waals surface area contributed by atoms with E-state index in [2.05, 4.69) is 20.1 Å². The van der Waals surface area contributed by atoms with Gasteiger partial charge in [0.25, 0.3) is 0 Å². The number of carbonyl (C=O) groups excluding carboxylic acids is 2. The minimum absolute atomic E-state index is 0.531. The van der Waals surface area contributed by atoms with Gasteiger partial charge in [-0.3, -0.25) is 10.6 Å². The van der Waals surface area contributed by atoms with Gasteiger partial charge in [0.05, 0.1) is 14.2 Å². The molecule has 0 aliphatic carbocycles. The summed E-state index contributed by atoms with van der Waals surface area (Å²) >= 11 is 0. The number of aryl methyl sites for hydroxylation is 1. The maximum absolute atomic E-state index is 11.0. The predicted molar refractivity (Wildman–Crippen MR) is 63.2 cm³/mol. The molecule has 17 heavy (non-hydrogen) atoms. The van der Waals surface area contributed by atoms with Crippen LogP contribution in [0.2, 0.25) is 0 Å². The Morgan fingerprint density at radius 3 is 1.71 bits per heavy atom. The first-order valence-corrected chi connectivity index (χ1v) is 4.87. The normalized spacial score (nSPS) is 9.35. The van der Waals surface area contributed by atoms with E-state index in [1.165, 1.54) is 14.2 Å². The third-order valence-corrected chi connectivity index (χ3v) is 1.94. The molecule has 0 aliphatic rings. The number of nitrogens with one attached hydrogen (secondary N) is 2. The van der Waals surface area contributed by atoms with E-state index in [1.807, 2.05) is 6.92 Å². The van der Waals surface area contributed by atoms with Crippen LogP contribution in [0, 0.1) is 6.92 Å². The summed E-state index contributed by atoms with van der Waals surface area (Å²) in [5, 5.41) is 5.02. The summed E-state index contributed by atoms with van der Waals surface area (Å²) in [6, 6.07) is 5.10. The lowest BCUT2D eigenvalue weighted by atomic mass is 10.2. The Hall–Kier alpha value is -2.24. The average Bonchev–Trinajstić information content (AvgIpc) is 2.27. The van der Waals surface area contributed by atoms with Crippen LogP contribution in [-0.2, 0) is 9.47 Å². The van der Waals surface area contributed by atoms with Gasteiger partial charge in [-0.05, 0) is 30.7 Å². The van der Waals surface area contributed by atoms with Gasteiger partial charge in [-0.25, -0.2) is 9.59 Å². The molecule has 6 heteroatoms. The lowest BCUT2D eigenvalue weighted by Crippen LogP contribution is -2.13. The summed E-state index contributed by atoms with van der Waals surface area (Å²) in [7, 11) is 2.55. The second kappa shape index (κ2) is 5.74. The van der Waals surface area contributed by atoms with Gasteiger partial charge in [-0.2, -0.15) is 0 Å². The van der Waals surface area contributed by atoms with Crippen LogP contribution in [0.4, 0.5) is 21.0 Å². The summed E-state index contributed by atoms with van der Waals surface area (Å²) in [4.78, 5) is 22.1. The molecule has 0 aromatic heterocycles. The number of hydrogen-bond acceptors (Lipinski definition) is 4. The van der Waals surface area contributed by atoms with Crippen LogP contribution in [0.3, 0.4) is 0 Å². The zero-order valence-electron chi connectivity index (χ0n) is 9.87. The molecule has 0 fully saturated rings. The molecule has 92 valence electrons. The number of benzene rings is 1. The first kappa shape index (κ1) is 12.8. The third-order valence-electron chi connectivity index (χ3n) is 1.94. The fourth-order valence-corrected chi connectivity index (χ4v) is 1.27. The van der Waals surface area contributed by atoms with Crippen LogP contribution in [0.15, 0.2) is 18.2 Å².